The van der Waals surface area contributed by atoms with Crippen molar-refractivity contribution in [3.05, 3.63) is 33.4 Å². The number of ether oxygens (including phenoxy) is 1. The molecule has 1 aliphatic rings. The van der Waals surface area contributed by atoms with E-state index in [9.17, 15) is 4.79 Å². The van der Waals surface area contributed by atoms with Gasteiger partial charge < -0.3 is 4.74 Å². The zero-order valence-electron chi connectivity index (χ0n) is 10.5. The van der Waals surface area contributed by atoms with Gasteiger partial charge in [-0.2, -0.15) is 5.10 Å². The summed E-state index contributed by atoms with van der Waals surface area (Å²) in [7, 11) is 0. The summed E-state index contributed by atoms with van der Waals surface area (Å²) < 4.78 is 6.40. The van der Waals surface area contributed by atoms with Crippen LogP contribution in [0.15, 0.2) is 29.4 Å². The van der Waals surface area contributed by atoms with Crippen molar-refractivity contribution >= 4 is 34.7 Å². The Kier molecular flexibility index (Phi) is 5.74. The van der Waals surface area contributed by atoms with Crippen LogP contribution in [0.4, 0.5) is 0 Å². The Labute approximate surface area is 126 Å². The fourth-order valence-corrected chi connectivity index (χ4v) is 2.08. The van der Waals surface area contributed by atoms with Gasteiger partial charge >= 0.3 is 0 Å². The van der Waals surface area contributed by atoms with E-state index in [1.54, 1.807) is 6.21 Å². The third-order valence-electron chi connectivity index (χ3n) is 2.74. The number of halogens is 1. The number of rotatable bonds is 4. The van der Waals surface area contributed by atoms with Crippen LogP contribution in [0.3, 0.4) is 0 Å². The van der Waals surface area contributed by atoms with Gasteiger partial charge in [-0.05, 0) is 40.3 Å². The highest BCUT2D eigenvalue weighted by Crippen LogP contribution is 2.04. The molecule has 0 atom stereocenters. The third kappa shape index (κ3) is 5.25. The average Bonchev–Trinajstić information content (AvgIpc) is 2.42. The number of nitrogens with one attached hydrogen (secondary N) is 1. The molecule has 1 heterocycles. The Bertz CT molecular complexity index is 442. The highest BCUT2D eigenvalue weighted by atomic mass is 127. The number of hydrazone groups is 1. The molecule has 1 N–H and O–H groups in total. The number of carbonyl (C=O) groups is 1. The molecule has 0 bridgehead atoms. The Balaban J connectivity index is 1.74. The quantitative estimate of drug-likeness (QED) is 0.488. The fourth-order valence-electron chi connectivity index (χ4n) is 1.73. The van der Waals surface area contributed by atoms with Crippen molar-refractivity contribution in [2.24, 2.45) is 5.10 Å². The number of hydrogen-bond donors (Lipinski definition) is 1. The summed E-state index contributed by atoms with van der Waals surface area (Å²) in [6.07, 6.45) is 1.65. The predicted molar refractivity (Wildman–Crippen MR) is 82.2 cm³/mol. The van der Waals surface area contributed by atoms with Crippen LogP contribution in [0.2, 0.25) is 0 Å². The molecule has 1 aromatic carbocycles. The number of hydrogen-bond acceptors (Lipinski definition) is 4. The van der Waals surface area contributed by atoms with Gasteiger partial charge in [0, 0.05) is 16.7 Å². The van der Waals surface area contributed by atoms with Crippen LogP contribution in [0.25, 0.3) is 0 Å². The van der Waals surface area contributed by atoms with Gasteiger partial charge in [-0.25, -0.2) is 5.43 Å². The second-order valence-electron chi connectivity index (χ2n) is 4.23. The lowest BCUT2D eigenvalue weighted by Crippen LogP contribution is -2.42. The molecule has 102 valence electrons. The molecule has 1 amide bonds. The molecule has 0 radical (unpaired) electrons. The van der Waals surface area contributed by atoms with Crippen LogP contribution in [0.1, 0.15) is 5.56 Å². The summed E-state index contributed by atoms with van der Waals surface area (Å²) >= 11 is 2.25. The molecular weight excluding hydrogens is 357 g/mol. The molecule has 2 rings (SSSR count). The maximum absolute atomic E-state index is 11.6. The molecule has 5 nitrogen and oxygen atoms in total. The maximum atomic E-state index is 11.6. The highest BCUT2D eigenvalue weighted by molar-refractivity contribution is 14.1. The molecular formula is C13H16IN3O2. The zero-order chi connectivity index (χ0) is 13.5. The summed E-state index contributed by atoms with van der Waals surface area (Å²) in [5.41, 5.74) is 3.50. The van der Waals surface area contributed by atoms with Gasteiger partial charge in [0.15, 0.2) is 0 Å². The number of benzene rings is 1. The molecule has 0 saturated carbocycles. The Morgan fingerprint density at radius 2 is 2.05 bits per heavy atom. The van der Waals surface area contributed by atoms with Crippen LogP contribution >= 0.6 is 22.6 Å². The third-order valence-corrected chi connectivity index (χ3v) is 3.46. The van der Waals surface area contributed by atoms with Crippen LogP contribution in [-0.2, 0) is 9.53 Å². The minimum Gasteiger partial charge on any atom is -0.379 e. The smallest absolute Gasteiger partial charge is 0.254 e. The molecule has 1 saturated heterocycles. The summed E-state index contributed by atoms with van der Waals surface area (Å²) in [6.45, 7) is 3.36. The van der Waals surface area contributed by atoms with Crippen molar-refractivity contribution in [3.8, 4) is 0 Å². The van der Waals surface area contributed by atoms with E-state index in [1.165, 1.54) is 3.57 Å². The van der Waals surface area contributed by atoms with E-state index in [1.807, 2.05) is 24.3 Å². The number of carbonyl (C=O) groups excluding carboxylic acids is 1. The van der Waals surface area contributed by atoms with Gasteiger partial charge in [-0.15, -0.1) is 0 Å². The molecule has 0 unspecified atom stereocenters. The monoisotopic (exact) mass is 373 g/mol. The van der Waals surface area contributed by atoms with Gasteiger partial charge in [0.25, 0.3) is 5.91 Å². The second kappa shape index (κ2) is 7.56. The first-order valence-corrected chi connectivity index (χ1v) is 7.19. The Hall–Kier alpha value is -0.990. The van der Waals surface area contributed by atoms with Crippen molar-refractivity contribution in [3.63, 3.8) is 0 Å². The molecule has 0 spiro atoms. The number of morpholine rings is 1. The van der Waals surface area contributed by atoms with Gasteiger partial charge in [0.05, 0.1) is 26.0 Å². The van der Waals surface area contributed by atoms with E-state index in [0.29, 0.717) is 19.8 Å². The Morgan fingerprint density at radius 1 is 1.37 bits per heavy atom. The first-order valence-electron chi connectivity index (χ1n) is 6.11. The fraction of sp³-hybridized carbons (Fsp3) is 0.385. The lowest BCUT2D eigenvalue weighted by atomic mass is 10.2. The average molecular weight is 373 g/mol. The van der Waals surface area contributed by atoms with Gasteiger partial charge in [0.1, 0.15) is 0 Å². The largest absolute Gasteiger partial charge is 0.379 e. The molecule has 6 heteroatoms. The normalized spacial score (nSPS) is 16.7. The van der Waals surface area contributed by atoms with Gasteiger partial charge in [0.2, 0.25) is 0 Å². The van der Waals surface area contributed by atoms with Crippen LogP contribution in [0.5, 0.6) is 0 Å². The van der Waals surface area contributed by atoms with E-state index in [4.69, 9.17) is 4.74 Å². The lowest BCUT2D eigenvalue weighted by Gasteiger charge is -2.25. The van der Waals surface area contributed by atoms with Gasteiger partial charge in [-0.1, -0.05) is 12.1 Å². The number of nitrogens with zero attached hydrogens (tertiary/aromatic N) is 2. The maximum Gasteiger partial charge on any atom is 0.254 e. The zero-order valence-corrected chi connectivity index (χ0v) is 12.7. The summed E-state index contributed by atoms with van der Waals surface area (Å²) in [5.74, 6) is -0.0938. The summed E-state index contributed by atoms with van der Waals surface area (Å²) in [4.78, 5) is 13.7. The van der Waals surface area contributed by atoms with E-state index in [2.05, 4.69) is 38.0 Å². The summed E-state index contributed by atoms with van der Waals surface area (Å²) in [6, 6.07) is 7.91. The molecule has 1 fully saturated rings. The van der Waals surface area contributed by atoms with E-state index in [-0.39, 0.29) is 5.91 Å². The molecule has 0 aliphatic carbocycles. The van der Waals surface area contributed by atoms with Crippen LogP contribution < -0.4 is 5.43 Å². The lowest BCUT2D eigenvalue weighted by molar-refractivity contribution is -0.123. The summed E-state index contributed by atoms with van der Waals surface area (Å²) in [5, 5.41) is 3.95. The highest BCUT2D eigenvalue weighted by Gasteiger charge is 2.13. The van der Waals surface area contributed by atoms with Crippen molar-refractivity contribution in [1.29, 1.82) is 0 Å². The van der Waals surface area contributed by atoms with Crippen molar-refractivity contribution in [1.82, 2.24) is 10.3 Å². The second-order valence-corrected chi connectivity index (χ2v) is 5.48. The van der Waals surface area contributed by atoms with E-state index >= 15 is 0 Å². The standard InChI is InChI=1S/C13H16IN3O2/c14-12-3-1-11(2-4-12)9-15-16-13(18)10-17-5-7-19-8-6-17/h1-4,9H,5-8,10H2,(H,16,18)/b15-9-. The SMILES string of the molecule is O=C(CN1CCOCC1)N/N=C\c1ccc(I)cc1. The molecule has 19 heavy (non-hydrogen) atoms. The minimum atomic E-state index is -0.0938. The number of amides is 1. The first kappa shape index (κ1) is 14.4. The molecule has 0 aromatic heterocycles. The Morgan fingerprint density at radius 3 is 2.74 bits per heavy atom. The molecule has 1 aromatic rings. The minimum absolute atomic E-state index is 0.0938. The van der Waals surface area contributed by atoms with E-state index in [0.717, 1.165) is 18.7 Å². The van der Waals surface area contributed by atoms with E-state index < -0.39 is 0 Å². The van der Waals surface area contributed by atoms with Crippen molar-refractivity contribution in [2.45, 2.75) is 0 Å². The molecule has 1 aliphatic heterocycles. The van der Waals surface area contributed by atoms with Crippen LogP contribution in [-0.4, -0.2) is 49.9 Å². The topological polar surface area (TPSA) is 53.9 Å². The first-order chi connectivity index (χ1) is 9.24. The van der Waals surface area contributed by atoms with Crippen LogP contribution in [0, 0.1) is 3.57 Å². The van der Waals surface area contributed by atoms with Crippen molar-refractivity contribution < 1.29 is 9.53 Å². The predicted octanol–water partition coefficient (Wildman–Crippen LogP) is 1.07. The van der Waals surface area contributed by atoms with Gasteiger partial charge in [-0.3, -0.25) is 9.69 Å². The van der Waals surface area contributed by atoms with Crippen molar-refractivity contribution in [2.75, 3.05) is 32.8 Å².